The molecule has 0 bridgehead atoms. The van der Waals surface area contributed by atoms with E-state index >= 15 is 0 Å². The van der Waals surface area contributed by atoms with E-state index in [1.54, 1.807) is 12.3 Å². The summed E-state index contributed by atoms with van der Waals surface area (Å²) in [5.74, 6) is 0.879. The van der Waals surface area contributed by atoms with Crippen LogP contribution in [0.25, 0.3) is 0 Å². The Morgan fingerprint density at radius 3 is 3.19 bits per heavy atom. The molecule has 4 heteroatoms. The molecule has 1 aromatic heterocycles. The van der Waals surface area contributed by atoms with Crippen LogP contribution >= 0.6 is 0 Å². The van der Waals surface area contributed by atoms with Crippen LogP contribution in [0.4, 0.5) is 0 Å². The molecule has 1 fully saturated rings. The zero-order valence-electron chi connectivity index (χ0n) is 9.58. The number of piperidine rings is 1. The largest absolute Gasteiger partial charge is 0.459 e. The van der Waals surface area contributed by atoms with Crippen molar-refractivity contribution in [1.29, 1.82) is 0 Å². The molecule has 1 amide bonds. The number of hydrogen-bond donors (Lipinski definition) is 2. The fourth-order valence-electron chi connectivity index (χ4n) is 2.02. The number of aryl methyl sites for hydroxylation is 1. The topological polar surface area (TPSA) is 54.3 Å². The van der Waals surface area contributed by atoms with Gasteiger partial charge >= 0.3 is 0 Å². The van der Waals surface area contributed by atoms with Crippen LogP contribution in [-0.2, 0) is 0 Å². The van der Waals surface area contributed by atoms with Crippen molar-refractivity contribution in [3.05, 3.63) is 23.7 Å². The predicted octanol–water partition coefficient (Wildman–Crippen LogP) is 1.32. The molecule has 16 heavy (non-hydrogen) atoms. The van der Waals surface area contributed by atoms with E-state index < -0.39 is 0 Å². The minimum Gasteiger partial charge on any atom is -0.459 e. The number of carbonyl (C=O) groups excluding carboxylic acids is 1. The quantitative estimate of drug-likeness (QED) is 0.811. The normalized spacial score (nSPS) is 20.7. The first-order valence-electron chi connectivity index (χ1n) is 5.80. The number of carbonyl (C=O) groups is 1. The molecule has 1 aliphatic rings. The van der Waals surface area contributed by atoms with Crippen molar-refractivity contribution in [2.75, 3.05) is 19.6 Å². The lowest BCUT2D eigenvalue weighted by Gasteiger charge is -2.22. The zero-order chi connectivity index (χ0) is 11.4. The van der Waals surface area contributed by atoms with Crippen molar-refractivity contribution in [2.45, 2.75) is 19.8 Å². The van der Waals surface area contributed by atoms with Gasteiger partial charge < -0.3 is 15.1 Å². The van der Waals surface area contributed by atoms with Gasteiger partial charge in [0.1, 0.15) is 0 Å². The minimum absolute atomic E-state index is 0.104. The highest BCUT2D eigenvalue weighted by molar-refractivity contribution is 5.92. The van der Waals surface area contributed by atoms with Gasteiger partial charge in [-0.05, 0) is 44.8 Å². The highest BCUT2D eigenvalue weighted by Gasteiger charge is 2.16. The van der Waals surface area contributed by atoms with E-state index in [9.17, 15) is 4.79 Å². The highest BCUT2D eigenvalue weighted by Crippen LogP contribution is 2.11. The molecule has 0 saturated carbocycles. The molecule has 0 aromatic carbocycles. The van der Waals surface area contributed by atoms with Crippen molar-refractivity contribution < 1.29 is 9.21 Å². The molecular weight excluding hydrogens is 204 g/mol. The Morgan fingerprint density at radius 1 is 1.69 bits per heavy atom. The van der Waals surface area contributed by atoms with E-state index in [1.165, 1.54) is 12.8 Å². The maximum atomic E-state index is 11.7. The van der Waals surface area contributed by atoms with Gasteiger partial charge in [0, 0.05) is 12.1 Å². The van der Waals surface area contributed by atoms with Gasteiger partial charge in [0.2, 0.25) is 0 Å². The maximum Gasteiger partial charge on any atom is 0.287 e. The van der Waals surface area contributed by atoms with Gasteiger partial charge in [-0.3, -0.25) is 4.79 Å². The molecule has 2 heterocycles. The van der Waals surface area contributed by atoms with E-state index in [4.69, 9.17) is 4.42 Å². The summed E-state index contributed by atoms with van der Waals surface area (Å²) < 4.78 is 5.14. The number of hydrogen-bond acceptors (Lipinski definition) is 3. The van der Waals surface area contributed by atoms with Crippen LogP contribution in [0.5, 0.6) is 0 Å². The number of nitrogens with one attached hydrogen (secondary N) is 2. The molecule has 88 valence electrons. The molecular formula is C12H18N2O2. The number of amides is 1. The Hall–Kier alpha value is -1.29. The van der Waals surface area contributed by atoms with Crippen molar-refractivity contribution >= 4 is 5.91 Å². The van der Waals surface area contributed by atoms with Crippen LogP contribution < -0.4 is 10.6 Å². The predicted molar refractivity (Wildman–Crippen MR) is 61.4 cm³/mol. The third-order valence-corrected chi connectivity index (χ3v) is 3.02. The van der Waals surface area contributed by atoms with Crippen molar-refractivity contribution in [2.24, 2.45) is 5.92 Å². The third-order valence-electron chi connectivity index (χ3n) is 3.02. The van der Waals surface area contributed by atoms with Gasteiger partial charge in [0.05, 0.1) is 6.26 Å². The first-order valence-corrected chi connectivity index (χ1v) is 5.80. The summed E-state index contributed by atoms with van der Waals surface area (Å²) in [6.07, 6.45) is 3.93. The van der Waals surface area contributed by atoms with E-state index in [2.05, 4.69) is 10.6 Å². The Kier molecular flexibility index (Phi) is 3.62. The van der Waals surface area contributed by atoms with Crippen molar-refractivity contribution in [3.63, 3.8) is 0 Å². The molecule has 0 aliphatic carbocycles. The van der Waals surface area contributed by atoms with Crippen LogP contribution in [0.2, 0.25) is 0 Å². The summed E-state index contributed by atoms with van der Waals surface area (Å²) in [6, 6.07) is 1.80. The zero-order valence-corrected chi connectivity index (χ0v) is 9.58. The second-order valence-electron chi connectivity index (χ2n) is 4.36. The molecule has 2 N–H and O–H groups in total. The van der Waals surface area contributed by atoms with Crippen LogP contribution in [0.3, 0.4) is 0 Å². The summed E-state index contributed by atoms with van der Waals surface area (Å²) in [5, 5.41) is 6.25. The van der Waals surface area contributed by atoms with E-state index in [0.717, 1.165) is 25.2 Å². The number of furan rings is 1. The van der Waals surface area contributed by atoms with E-state index in [1.807, 2.05) is 6.92 Å². The lowest BCUT2D eigenvalue weighted by Crippen LogP contribution is -2.38. The van der Waals surface area contributed by atoms with Gasteiger partial charge in [-0.25, -0.2) is 0 Å². The SMILES string of the molecule is Cc1ccoc1C(=O)NCC1CCCNC1. The standard InChI is InChI=1S/C12H18N2O2/c1-9-4-6-16-11(9)12(15)14-8-10-3-2-5-13-7-10/h4,6,10,13H,2-3,5,7-8H2,1H3,(H,14,15). The molecule has 1 unspecified atom stereocenters. The third kappa shape index (κ3) is 2.64. The average Bonchev–Trinajstić information content (AvgIpc) is 2.74. The van der Waals surface area contributed by atoms with Gasteiger partial charge in [0.15, 0.2) is 5.76 Å². The van der Waals surface area contributed by atoms with Crippen molar-refractivity contribution in [1.82, 2.24) is 10.6 Å². The molecule has 1 aromatic rings. The number of rotatable bonds is 3. The van der Waals surface area contributed by atoms with Crippen LogP contribution in [0, 0.1) is 12.8 Å². The molecule has 1 aliphatic heterocycles. The van der Waals surface area contributed by atoms with Crippen LogP contribution in [-0.4, -0.2) is 25.5 Å². The molecule has 4 nitrogen and oxygen atoms in total. The Morgan fingerprint density at radius 2 is 2.56 bits per heavy atom. The Labute approximate surface area is 95.4 Å². The maximum absolute atomic E-state index is 11.7. The molecule has 0 spiro atoms. The van der Waals surface area contributed by atoms with Gasteiger partial charge in [0.25, 0.3) is 5.91 Å². The second kappa shape index (κ2) is 5.16. The first-order chi connectivity index (χ1) is 7.77. The minimum atomic E-state index is -0.104. The van der Waals surface area contributed by atoms with Crippen LogP contribution in [0.15, 0.2) is 16.7 Å². The van der Waals surface area contributed by atoms with E-state index in [0.29, 0.717) is 11.7 Å². The molecule has 0 radical (unpaired) electrons. The smallest absolute Gasteiger partial charge is 0.287 e. The van der Waals surface area contributed by atoms with Gasteiger partial charge in [-0.15, -0.1) is 0 Å². The van der Waals surface area contributed by atoms with E-state index in [-0.39, 0.29) is 5.91 Å². The average molecular weight is 222 g/mol. The summed E-state index contributed by atoms with van der Waals surface area (Å²) in [5.41, 5.74) is 0.888. The lowest BCUT2D eigenvalue weighted by molar-refractivity contribution is 0.0916. The fourth-order valence-corrected chi connectivity index (χ4v) is 2.02. The summed E-state index contributed by atoms with van der Waals surface area (Å²) in [7, 11) is 0. The Balaban J connectivity index is 1.81. The van der Waals surface area contributed by atoms with Gasteiger partial charge in [-0.1, -0.05) is 0 Å². The monoisotopic (exact) mass is 222 g/mol. The summed E-state index contributed by atoms with van der Waals surface area (Å²) >= 11 is 0. The summed E-state index contributed by atoms with van der Waals surface area (Å²) in [6.45, 7) is 4.70. The fraction of sp³-hybridized carbons (Fsp3) is 0.583. The molecule has 2 rings (SSSR count). The Bertz CT molecular complexity index is 354. The molecule has 1 saturated heterocycles. The summed E-state index contributed by atoms with van der Waals surface area (Å²) in [4.78, 5) is 11.7. The van der Waals surface area contributed by atoms with Crippen molar-refractivity contribution in [3.8, 4) is 0 Å². The highest BCUT2D eigenvalue weighted by atomic mass is 16.3. The van der Waals surface area contributed by atoms with Crippen LogP contribution in [0.1, 0.15) is 29.0 Å². The lowest BCUT2D eigenvalue weighted by atomic mass is 10.00. The van der Waals surface area contributed by atoms with Gasteiger partial charge in [-0.2, -0.15) is 0 Å². The molecule has 1 atom stereocenters. The second-order valence-corrected chi connectivity index (χ2v) is 4.36. The first kappa shape index (κ1) is 11.2.